The van der Waals surface area contributed by atoms with Gasteiger partial charge in [-0.25, -0.2) is 0 Å². The summed E-state index contributed by atoms with van der Waals surface area (Å²) in [4.78, 5) is 0. The minimum atomic E-state index is 0.408. The quantitative estimate of drug-likeness (QED) is 0.778. The summed E-state index contributed by atoms with van der Waals surface area (Å²) in [5.41, 5.74) is 7.68. The van der Waals surface area contributed by atoms with Gasteiger partial charge in [0.2, 0.25) is 0 Å². The third kappa shape index (κ3) is 2.02. The molecule has 0 bridgehead atoms. The van der Waals surface area contributed by atoms with E-state index in [2.05, 4.69) is 32.8 Å². The summed E-state index contributed by atoms with van der Waals surface area (Å²) in [5, 5.41) is 4.47. The zero-order valence-electron chi connectivity index (χ0n) is 8.91. The van der Waals surface area contributed by atoms with Crippen LogP contribution in [0.2, 0.25) is 0 Å². The standard InChI is InChI=1S/C10H19N3/c1-5-8(4)13-6-9(11)10(12-13)7(2)3/h6-8H,5,11H2,1-4H3. The number of hydrogen-bond acceptors (Lipinski definition) is 2. The van der Waals surface area contributed by atoms with E-state index in [0.717, 1.165) is 17.8 Å². The number of anilines is 1. The minimum absolute atomic E-state index is 0.408. The van der Waals surface area contributed by atoms with Crippen LogP contribution in [0.25, 0.3) is 0 Å². The van der Waals surface area contributed by atoms with Crippen LogP contribution in [0.15, 0.2) is 6.20 Å². The molecule has 0 saturated carbocycles. The normalized spacial score (nSPS) is 13.6. The number of nitrogens with zero attached hydrogens (tertiary/aromatic N) is 2. The summed E-state index contributed by atoms with van der Waals surface area (Å²) in [7, 11) is 0. The molecule has 0 aliphatic heterocycles. The molecule has 1 atom stereocenters. The van der Waals surface area contributed by atoms with Crippen molar-refractivity contribution >= 4 is 5.69 Å². The first-order valence-electron chi connectivity index (χ1n) is 4.90. The lowest BCUT2D eigenvalue weighted by Gasteiger charge is -2.08. The van der Waals surface area contributed by atoms with Crippen LogP contribution in [0, 0.1) is 0 Å². The smallest absolute Gasteiger partial charge is 0.0879 e. The Morgan fingerprint density at radius 3 is 2.46 bits per heavy atom. The zero-order valence-corrected chi connectivity index (χ0v) is 8.91. The highest BCUT2D eigenvalue weighted by molar-refractivity contribution is 5.42. The van der Waals surface area contributed by atoms with Crippen LogP contribution in [0.3, 0.4) is 0 Å². The summed E-state index contributed by atoms with van der Waals surface area (Å²) in [6, 6.07) is 0.440. The first-order valence-corrected chi connectivity index (χ1v) is 4.90. The Balaban J connectivity index is 2.95. The molecule has 3 heteroatoms. The van der Waals surface area contributed by atoms with Gasteiger partial charge in [0, 0.05) is 12.2 Å². The van der Waals surface area contributed by atoms with Gasteiger partial charge in [-0.3, -0.25) is 4.68 Å². The molecule has 0 saturated heterocycles. The van der Waals surface area contributed by atoms with Gasteiger partial charge in [0.1, 0.15) is 0 Å². The number of nitrogen functional groups attached to an aromatic ring is 1. The number of nitrogens with two attached hydrogens (primary N) is 1. The van der Waals surface area contributed by atoms with Gasteiger partial charge >= 0.3 is 0 Å². The predicted molar refractivity (Wildman–Crippen MR) is 55.7 cm³/mol. The van der Waals surface area contributed by atoms with Gasteiger partial charge in [-0.15, -0.1) is 0 Å². The van der Waals surface area contributed by atoms with E-state index in [-0.39, 0.29) is 0 Å². The lowest BCUT2D eigenvalue weighted by molar-refractivity contribution is 0.471. The second-order valence-electron chi connectivity index (χ2n) is 3.86. The van der Waals surface area contributed by atoms with Crippen molar-refractivity contribution in [2.75, 3.05) is 5.73 Å². The summed E-state index contributed by atoms with van der Waals surface area (Å²) < 4.78 is 1.96. The van der Waals surface area contributed by atoms with E-state index in [1.807, 2.05) is 10.9 Å². The molecule has 1 unspecified atom stereocenters. The highest BCUT2D eigenvalue weighted by Crippen LogP contribution is 2.21. The van der Waals surface area contributed by atoms with Gasteiger partial charge in [-0.05, 0) is 19.3 Å². The second kappa shape index (κ2) is 3.81. The molecule has 2 N–H and O–H groups in total. The second-order valence-corrected chi connectivity index (χ2v) is 3.86. The van der Waals surface area contributed by atoms with Crippen LogP contribution in [0.5, 0.6) is 0 Å². The summed E-state index contributed by atoms with van der Waals surface area (Å²) in [6.45, 7) is 8.52. The molecule has 1 rings (SSSR count). The van der Waals surface area contributed by atoms with Gasteiger partial charge in [-0.2, -0.15) is 5.10 Å². The van der Waals surface area contributed by atoms with Crippen molar-refractivity contribution in [1.29, 1.82) is 0 Å². The van der Waals surface area contributed by atoms with Crippen LogP contribution >= 0.6 is 0 Å². The molecule has 13 heavy (non-hydrogen) atoms. The fourth-order valence-corrected chi connectivity index (χ4v) is 1.28. The SMILES string of the molecule is CCC(C)n1cc(N)c(C(C)C)n1. The Morgan fingerprint density at radius 2 is 2.08 bits per heavy atom. The molecule has 0 fully saturated rings. The number of hydrogen-bond donors (Lipinski definition) is 1. The molecule has 0 aliphatic carbocycles. The fraction of sp³-hybridized carbons (Fsp3) is 0.700. The number of aromatic nitrogens is 2. The highest BCUT2D eigenvalue weighted by Gasteiger charge is 2.11. The van der Waals surface area contributed by atoms with E-state index in [9.17, 15) is 0 Å². The van der Waals surface area contributed by atoms with E-state index in [0.29, 0.717) is 12.0 Å². The zero-order chi connectivity index (χ0) is 10.0. The van der Waals surface area contributed by atoms with E-state index >= 15 is 0 Å². The average molecular weight is 181 g/mol. The van der Waals surface area contributed by atoms with Gasteiger partial charge in [0.15, 0.2) is 0 Å². The maximum Gasteiger partial charge on any atom is 0.0879 e. The van der Waals surface area contributed by atoms with Crippen molar-refractivity contribution in [2.45, 2.75) is 46.1 Å². The van der Waals surface area contributed by atoms with Crippen molar-refractivity contribution in [2.24, 2.45) is 0 Å². The fourth-order valence-electron chi connectivity index (χ4n) is 1.28. The largest absolute Gasteiger partial charge is 0.396 e. The van der Waals surface area contributed by atoms with Crippen molar-refractivity contribution < 1.29 is 0 Å². The minimum Gasteiger partial charge on any atom is -0.396 e. The Bertz CT molecular complexity index is 276. The Morgan fingerprint density at radius 1 is 1.46 bits per heavy atom. The van der Waals surface area contributed by atoms with Crippen molar-refractivity contribution in [3.05, 3.63) is 11.9 Å². The molecular weight excluding hydrogens is 162 g/mol. The van der Waals surface area contributed by atoms with E-state index in [1.165, 1.54) is 0 Å². The van der Waals surface area contributed by atoms with Gasteiger partial charge in [-0.1, -0.05) is 20.8 Å². The monoisotopic (exact) mass is 181 g/mol. The van der Waals surface area contributed by atoms with Crippen LogP contribution in [-0.2, 0) is 0 Å². The molecule has 0 spiro atoms. The van der Waals surface area contributed by atoms with Crippen molar-refractivity contribution in [1.82, 2.24) is 9.78 Å². The molecule has 74 valence electrons. The average Bonchev–Trinajstić information content (AvgIpc) is 2.46. The predicted octanol–water partition coefficient (Wildman–Crippen LogP) is 2.56. The lowest BCUT2D eigenvalue weighted by atomic mass is 10.1. The number of rotatable bonds is 3. The summed E-state index contributed by atoms with van der Waals surface area (Å²) in [6.07, 6.45) is 3.02. The third-order valence-corrected chi connectivity index (χ3v) is 2.38. The molecule has 0 radical (unpaired) electrons. The van der Waals surface area contributed by atoms with Gasteiger partial charge < -0.3 is 5.73 Å². The van der Waals surface area contributed by atoms with Crippen LogP contribution in [0.4, 0.5) is 5.69 Å². The lowest BCUT2D eigenvalue weighted by Crippen LogP contribution is -2.05. The molecule has 0 aromatic carbocycles. The molecule has 1 heterocycles. The summed E-state index contributed by atoms with van der Waals surface area (Å²) >= 11 is 0. The molecule has 1 aromatic heterocycles. The topological polar surface area (TPSA) is 43.8 Å². The molecule has 3 nitrogen and oxygen atoms in total. The van der Waals surface area contributed by atoms with Crippen molar-refractivity contribution in [3.63, 3.8) is 0 Å². The first kappa shape index (κ1) is 10.1. The van der Waals surface area contributed by atoms with Gasteiger partial charge in [0.05, 0.1) is 11.4 Å². The van der Waals surface area contributed by atoms with Crippen LogP contribution < -0.4 is 5.73 Å². The van der Waals surface area contributed by atoms with E-state index in [4.69, 9.17) is 5.73 Å². The Labute approximate surface area is 79.9 Å². The Hall–Kier alpha value is -0.990. The maximum absolute atomic E-state index is 5.85. The molecule has 0 amide bonds. The maximum atomic E-state index is 5.85. The Kier molecular flexibility index (Phi) is 2.96. The van der Waals surface area contributed by atoms with Crippen LogP contribution in [-0.4, -0.2) is 9.78 Å². The highest BCUT2D eigenvalue weighted by atomic mass is 15.3. The third-order valence-electron chi connectivity index (χ3n) is 2.38. The first-order chi connectivity index (χ1) is 6.06. The molecular formula is C10H19N3. The summed E-state index contributed by atoms with van der Waals surface area (Å²) in [5.74, 6) is 0.408. The van der Waals surface area contributed by atoms with Crippen LogP contribution in [0.1, 0.15) is 51.8 Å². The van der Waals surface area contributed by atoms with E-state index < -0.39 is 0 Å². The van der Waals surface area contributed by atoms with E-state index in [1.54, 1.807) is 0 Å². The van der Waals surface area contributed by atoms with Crippen molar-refractivity contribution in [3.8, 4) is 0 Å². The van der Waals surface area contributed by atoms with Gasteiger partial charge in [0.25, 0.3) is 0 Å². The molecule has 1 aromatic rings. The molecule has 0 aliphatic rings.